The molecule has 0 saturated carbocycles. The molecule has 0 fully saturated rings. The van der Waals surface area contributed by atoms with Gasteiger partial charge in [-0.25, -0.2) is 9.97 Å². The summed E-state index contributed by atoms with van der Waals surface area (Å²) in [6.45, 7) is 38.4. The van der Waals surface area contributed by atoms with Crippen molar-refractivity contribution < 1.29 is 63.3 Å². The number of imidazole rings is 2. The number of rotatable bonds is 18. The number of hydrogen-bond acceptors (Lipinski definition) is 6. The number of para-hydroxylation sites is 2. The van der Waals surface area contributed by atoms with Crippen LogP contribution in [0.3, 0.4) is 0 Å². The van der Waals surface area contributed by atoms with E-state index in [-0.39, 0.29) is 87.4 Å². The van der Waals surface area contributed by atoms with Crippen LogP contribution in [0.5, 0.6) is 11.5 Å². The monoisotopic (exact) mass is 2160 g/mol. The van der Waals surface area contributed by atoms with Gasteiger partial charge in [-0.05, 0) is 227 Å². The molecule has 698 valence electrons. The van der Waals surface area contributed by atoms with Gasteiger partial charge in [0.2, 0.25) is 0 Å². The fraction of sp³-hybridized carbons (Fsp3) is 0.244. The van der Waals surface area contributed by atoms with Gasteiger partial charge in [0.15, 0.2) is 0 Å². The number of aromatic nitrogens is 6. The van der Waals surface area contributed by atoms with Crippen molar-refractivity contribution >= 4 is 22.1 Å². The topological polar surface area (TPSA) is 102 Å². The molecule has 4 heterocycles. The number of pyridine rings is 2. The van der Waals surface area contributed by atoms with Crippen LogP contribution in [0.25, 0.3) is 168 Å². The average molecular weight is 2170 g/mol. The first kappa shape index (κ1) is 88.3. The molecule has 0 aliphatic heterocycles. The minimum absolute atomic E-state index is 0. The number of phenols is 2. The standard InChI is InChI=1S/C64H64N3O.C63H62N3O.2Pt/c1-39(2)47-30-48(40(3)4)32-50(31-47)45-25-26-58(42(6)29-45)67-59-20-16-19-54(60(59)66-62(67)55-37-53(63(7,8)9)38-56(61(55)68)64(10,11)12)51-33-49(43-17-14-13-15-18-43)34-52(35-51)57-36-46(27-28-65-57)44-23-21-41(5)22-24-44;1-39(2)46-30-47(40(3)4)32-49(31-46)44-25-26-57(41(5)29-44)66-58-24-18-23-53(59(58)65-61(66)54-37-52(62(6,7)8)38-55(60(54)67)63(9,10)11)50-33-48(43-21-16-13-17-22-43)34-51(35-50)56-36-45(27-28-64-56)42-19-14-12-15-20-42;;/h13-34,36-40,68H,1-12H3;12-34,36-40,67H,1-11H3;;/q2*-1;;/i6D3,39D;5D3,39D;;. The fourth-order valence-corrected chi connectivity index (χ4v) is 18.0. The Balaban J connectivity index is 0.000000215. The van der Waals surface area contributed by atoms with Gasteiger partial charge in [0.25, 0.3) is 0 Å². The van der Waals surface area contributed by atoms with Gasteiger partial charge in [-0.2, -0.15) is 0 Å². The van der Waals surface area contributed by atoms with Gasteiger partial charge in [0.1, 0.15) is 23.1 Å². The van der Waals surface area contributed by atoms with Crippen LogP contribution in [0.1, 0.15) is 234 Å². The first-order chi connectivity index (χ1) is 67.3. The Bertz CT molecular complexity index is 7870. The van der Waals surface area contributed by atoms with Crippen LogP contribution in [-0.2, 0) is 63.8 Å². The van der Waals surface area contributed by atoms with Crippen molar-refractivity contribution in [2.45, 2.75) is 204 Å². The Kier molecular flexibility index (Phi) is 25.6. The summed E-state index contributed by atoms with van der Waals surface area (Å²) in [6.07, 6.45) is 3.68. The van der Waals surface area contributed by atoms with Crippen molar-refractivity contribution in [2.24, 2.45) is 0 Å². The van der Waals surface area contributed by atoms with Crippen molar-refractivity contribution in [1.29, 1.82) is 0 Å². The van der Waals surface area contributed by atoms with Crippen molar-refractivity contribution in [3.05, 3.63) is 383 Å². The van der Waals surface area contributed by atoms with E-state index >= 15 is 0 Å². The van der Waals surface area contributed by atoms with E-state index in [1.54, 1.807) is 12.1 Å². The Morgan fingerprint density at radius 3 is 1.00 bits per heavy atom. The Morgan fingerprint density at radius 2 is 0.650 bits per heavy atom. The molecular weight excluding hydrogens is 2030 g/mol. The predicted molar refractivity (Wildman–Crippen MR) is 569 cm³/mol. The second kappa shape index (κ2) is 39.8. The Hall–Kier alpha value is -12.7. The number of aromatic hydroxyl groups is 2. The average Bonchev–Trinajstić information content (AvgIpc) is 1.59. The zero-order valence-electron chi connectivity index (χ0n) is 90.3. The summed E-state index contributed by atoms with van der Waals surface area (Å²) in [5.41, 5.74) is 29.5. The van der Waals surface area contributed by atoms with Crippen LogP contribution < -0.4 is 0 Å². The molecule has 137 heavy (non-hydrogen) atoms. The van der Waals surface area contributed by atoms with E-state index in [1.807, 2.05) is 201 Å². The number of phenolic OH excluding ortho intramolecular Hbond substituents is 2. The summed E-state index contributed by atoms with van der Waals surface area (Å²) in [6, 6.07) is 107. The van der Waals surface area contributed by atoms with Crippen LogP contribution >= 0.6 is 0 Å². The maximum absolute atomic E-state index is 12.6. The molecule has 14 aromatic carbocycles. The minimum atomic E-state index is -2.57. The zero-order valence-corrected chi connectivity index (χ0v) is 86.9. The number of hydrogen-bond donors (Lipinski definition) is 2. The zero-order chi connectivity index (χ0) is 102. The smallest absolute Gasteiger partial charge is 0.148 e. The molecule has 8 nitrogen and oxygen atoms in total. The normalized spacial score (nSPS) is 13.2. The molecule has 0 aliphatic rings. The van der Waals surface area contributed by atoms with E-state index in [4.69, 9.17) is 30.9 Å². The SMILES string of the molecule is [2H]C([2H])([2H])c1cc(-c2cc(C(C)C)cc(C([2H])(C)C)c2)ccc1-n1c(-c2cc(C(C)(C)C)cc(C(C)(C)C)c2O)nc2c(-c3[c-]c(-c4cc(-c5ccc(C)cc5)ccn4)cc(-c4ccccc4)c3)cccc21.[2H]C([2H])([2H])c1cc(-c2cc(C(C)C)cc(C([2H])(C)C)c2)ccc1-n1c(-c2cc(C(C)(C)C)cc(C(C)(C)C)c2O)nc2c(-c3[c-]c(-c4cc(-c5ccccc5)ccn4)cc(-c4ccccc4)c3)cccc21.[Pt].[Pt]. The summed E-state index contributed by atoms with van der Waals surface area (Å²) in [7, 11) is 0. The summed E-state index contributed by atoms with van der Waals surface area (Å²) >= 11 is 0. The van der Waals surface area contributed by atoms with Gasteiger partial charge in [0.05, 0.1) is 44.6 Å². The molecule has 2 N–H and O–H groups in total. The maximum Gasteiger partial charge on any atom is 0.148 e. The van der Waals surface area contributed by atoms with Gasteiger partial charge in [-0.3, -0.25) is 19.1 Å². The largest absolute Gasteiger partial charge is 0.507 e. The second-order valence-electron chi connectivity index (χ2n) is 41.4. The fourth-order valence-electron chi connectivity index (χ4n) is 18.0. The summed E-state index contributed by atoms with van der Waals surface area (Å²) in [5.74, 6) is -0.340. The summed E-state index contributed by atoms with van der Waals surface area (Å²) in [5, 5.41) is 25.2. The molecule has 18 aromatic rings. The Labute approximate surface area is 852 Å². The molecule has 0 atom stereocenters. The molecule has 0 bridgehead atoms. The first-order valence-corrected chi connectivity index (χ1v) is 47.0. The van der Waals surface area contributed by atoms with Crippen LogP contribution in [0.2, 0.25) is 0 Å². The van der Waals surface area contributed by atoms with E-state index in [0.29, 0.717) is 56.2 Å². The first-order valence-electron chi connectivity index (χ1n) is 51.0. The van der Waals surface area contributed by atoms with Crippen molar-refractivity contribution in [3.8, 4) is 157 Å². The number of nitrogens with zero attached hydrogens (tertiary/aromatic N) is 6. The molecular formula is C127H126N6O2Pt2-2. The van der Waals surface area contributed by atoms with Gasteiger partial charge < -0.3 is 10.2 Å². The number of aryl methyl sites for hydroxylation is 3. The van der Waals surface area contributed by atoms with E-state index in [1.165, 1.54) is 5.56 Å². The molecule has 0 aliphatic carbocycles. The predicted octanol–water partition coefficient (Wildman–Crippen LogP) is 34.5. The van der Waals surface area contributed by atoms with Crippen LogP contribution in [-0.4, -0.2) is 39.3 Å². The van der Waals surface area contributed by atoms with Gasteiger partial charge in [0, 0.05) is 88.0 Å². The van der Waals surface area contributed by atoms with Crippen molar-refractivity contribution in [2.75, 3.05) is 0 Å². The maximum atomic E-state index is 12.6. The van der Waals surface area contributed by atoms with Crippen LogP contribution in [0, 0.1) is 32.8 Å². The van der Waals surface area contributed by atoms with E-state index < -0.39 is 36.3 Å². The molecule has 18 rings (SSSR count). The number of fused-ring (bicyclic) bond motifs is 2. The van der Waals surface area contributed by atoms with Crippen LogP contribution in [0.4, 0.5) is 0 Å². The molecule has 0 amide bonds. The molecule has 0 unspecified atom stereocenters. The van der Waals surface area contributed by atoms with Crippen molar-refractivity contribution in [3.63, 3.8) is 0 Å². The molecule has 0 spiro atoms. The molecule has 4 aromatic heterocycles. The molecule has 0 saturated heterocycles. The summed E-state index contributed by atoms with van der Waals surface area (Å²) in [4.78, 5) is 20.9. The van der Waals surface area contributed by atoms with Crippen LogP contribution in [0.15, 0.2) is 310 Å². The van der Waals surface area contributed by atoms with Gasteiger partial charge >= 0.3 is 0 Å². The third kappa shape index (κ3) is 20.8. The van der Waals surface area contributed by atoms with E-state index in [0.717, 1.165) is 156 Å². The van der Waals surface area contributed by atoms with Crippen molar-refractivity contribution in [1.82, 2.24) is 29.1 Å². The quantitative estimate of drug-likeness (QED) is 0.0830. The van der Waals surface area contributed by atoms with Gasteiger partial charge in [-0.1, -0.05) is 390 Å². The Morgan fingerprint density at radius 1 is 0.314 bits per heavy atom. The van der Waals surface area contributed by atoms with E-state index in [2.05, 4.69) is 263 Å². The van der Waals surface area contributed by atoms with E-state index in [9.17, 15) is 10.2 Å². The third-order valence-electron chi connectivity index (χ3n) is 26.1. The third-order valence-corrected chi connectivity index (χ3v) is 26.1. The molecule has 0 radical (unpaired) electrons. The number of benzene rings is 14. The van der Waals surface area contributed by atoms with Gasteiger partial charge in [-0.15, -0.1) is 47.5 Å². The second-order valence-corrected chi connectivity index (χ2v) is 41.4. The minimum Gasteiger partial charge on any atom is -0.507 e. The summed E-state index contributed by atoms with van der Waals surface area (Å²) < 4.78 is 76.7. The molecule has 10 heteroatoms.